The molecule has 3 aliphatic heterocycles. The molecule has 82 heavy (non-hydrogen) atoms. The van der Waals surface area contributed by atoms with Crippen LogP contribution >= 0.6 is 11.6 Å². The smallest absolute Gasteiger partial charge is 0.335 e. The Kier molecular flexibility index (Phi) is 19.6. The van der Waals surface area contributed by atoms with Crippen LogP contribution < -0.4 is 31.3 Å². The molecule has 8 atom stereocenters. The summed E-state index contributed by atoms with van der Waals surface area (Å²) < 4.78 is 11.5. The van der Waals surface area contributed by atoms with Crippen LogP contribution in [0.1, 0.15) is 95.8 Å². The molecule has 22 nitrogen and oxygen atoms in total. The van der Waals surface area contributed by atoms with Crippen molar-refractivity contribution in [3.05, 3.63) is 119 Å². The molecule has 1 aromatic heterocycles. The first-order valence-electron chi connectivity index (χ1n) is 27.2. The van der Waals surface area contributed by atoms with Gasteiger partial charge in [0.25, 0.3) is 17.7 Å². The third kappa shape index (κ3) is 14.0. The lowest BCUT2D eigenvalue weighted by atomic mass is 9.89. The fourth-order valence-electron chi connectivity index (χ4n) is 10.6. The van der Waals surface area contributed by atoms with Gasteiger partial charge in [0.15, 0.2) is 17.7 Å². The number of Topliss-reactive ketones (excluding diaryl/α,β-unsaturated/α-hetero) is 2. The summed E-state index contributed by atoms with van der Waals surface area (Å²) in [6.45, 7) is 4.59. The molecule has 10 N–H and O–H groups in total. The van der Waals surface area contributed by atoms with Crippen LogP contribution in [0.4, 0.5) is 10.5 Å². The average molecular weight is 1150 g/mol. The SMILES string of the molecule is CC(C)[C@H](CCCNC(=O)CCCN1C(=O)C=CC1=O)C(=O)N[C@@H](CCCNC(N)=O)C(=O)Cc1ccc(C(=O)Cc2ccc3[nH]c(C(=O)N4C[C@@H](CCl)c5c4cc(OC4O[C@H](C(=O)O)[C@@H](O)[C@H](O)[C@H]4O)c4ccccc54)cc3c2)cc1. The topological polar surface area (TPSA) is 337 Å². The first-order chi connectivity index (χ1) is 39.2. The zero-order chi connectivity index (χ0) is 58.9. The molecule has 1 fully saturated rings. The van der Waals surface area contributed by atoms with Crippen molar-refractivity contribution in [1.29, 1.82) is 0 Å². The van der Waals surface area contributed by atoms with Gasteiger partial charge in [-0.15, -0.1) is 11.6 Å². The molecule has 23 heteroatoms. The number of anilines is 1. The van der Waals surface area contributed by atoms with E-state index in [1.807, 2.05) is 19.9 Å². The van der Waals surface area contributed by atoms with Gasteiger partial charge < -0.3 is 61.5 Å². The number of amides is 7. The normalized spacial score (nSPS) is 20.2. The number of benzene rings is 4. The van der Waals surface area contributed by atoms with Gasteiger partial charge in [-0.05, 0) is 78.3 Å². The van der Waals surface area contributed by atoms with Crippen LogP contribution in [0.25, 0.3) is 21.7 Å². The van der Waals surface area contributed by atoms with E-state index >= 15 is 0 Å². The lowest BCUT2D eigenvalue weighted by Gasteiger charge is -2.38. The number of ketones is 2. The van der Waals surface area contributed by atoms with E-state index in [1.165, 1.54) is 12.2 Å². The summed E-state index contributed by atoms with van der Waals surface area (Å²) in [6.07, 6.45) is -5.04. The molecule has 1 saturated heterocycles. The maximum Gasteiger partial charge on any atom is 0.335 e. The Balaban J connectivity index is 0.885. The van der Waals surface area contributed by atoms with Crippen LogP contribution in [0.5, 0.6) is 5.75 Å². The lowest BCUT2D eigenvalue weighted by Crippen LogP contribution is -2.61. The Labute approximate surface area is 476 Å². The summed E-state index contributed by atoms with van der Waals surface area (Å²) in [5.74, 6) is -4.49. The molecule has 0 saturated carbocycles. The van der Waals surface area contributed by atoms with Gasteiger partial charge >= 0.3 is 12.0 Å². The highest BCUT2D eigenvalue weighted by Gasteiger charge is 2.48. The van der Waals surface area contributed by atoms with Crippen LogP contribution in [-0.4, -0.2) is 152 Å². The monoisotopic (exact) mass is 1150 g/mol. The number of aliphatic hydroxyl groups excluding tert-OH is 3. The highest BCUT2D eigenvalue weighted by atomic mass is 35.5. The van der Waals surface area contributed by atoms with E-state index in [0.717, 1.165) is 10.5 Å². The number of nitrogens with zero attached hydrogens (tertiary/aromatic N) is 2. The lowest BCUT2D eigenvalue weighted by molar-refractivity contribution is -0.270. The summed E-state index contributed by atoms with van der Waals surface area (Å²) in [5, 5.41) is 51.3. The van der Waals surface area contributed by atoms with E-state index in [-0.39, 0.29) is 97.9 Å². The minimum absolute atomic E-state index is 0.0121. The molecule has 0 bridgehead atoms. The average Bonchev–Trinajstić information content (AvgIpc) is 2.74. The van der Waals surface area contributed by atoms with Crippen LogP contribution in [0.3, 0.4) is 0 Å². The van der Waals surface area contributed by atoms with Crippen molar-refractivity contribution in [1.82, 2.24) is 25.8 Å². The van der Waals surface area contributed by atoms with E-state index in [9.17, 15) is 63.6 Å². The first-order valence-corrected chi connectivity index (χ1v) is 27.7. The summed E-state index contributed by atoms with van der Waals surface area (Å²) >= 11 is 6.53. The second-order valence-electron chi connectivity index (χ2n) is 21.1. The zero-order valence-electron chi connectivity index (χ0n) is 45.2. The number of carbonyl (C=O) groups is 9. The number of aliphatic hydroxyl groups is 3. The number of carboxylic acid groups (broad SMARTS) is 1. The number of aromatic nitrogens is 1. The Morgan fingerprint density at radius 3 is 2.18 bits per heavy atom. The van der Waals surface area contributed by atoms with Crippen molar-refractivity contribution in [3.8, 4) is 5.75 Å². The third-order valence-corrected chi connectivity index (χ3v) is 15.4. The largest absolute Gasteiger partial charge is 0.479 e. The molecule has 0 radical (unpaired) electrons. The van der Waals surface area contributed by atoms with Crippen molar-refractivity contribution >= 4 is 92.1 Å². The molecular formula is C59H66ClN7O15. The fourth-order valence-corrected chi connectivity index (χ4v) is 10.9. The minimum atomic E-state index is -1.92. The predicted octanol–water partition coefficient (Wildman–Crippen LogP) is 3.92. The number of halogens is 1. The third-order valence-electron chi connectivity index (χ3n) is 15.1. The number of urea groups is 1. The molecule has 0 spiro atoms. The van der Waals surface area contributed by atoms with Crippen LogP contribution in [0, 0.1) is 11.8 Å². The summed E-state index contributed by atoms with van der Waals surface area (Å²) in [6, 6.07) is 20.7. The maximum atomic E-state index is 14.5. The molecule has 1 unspecified atom stereocenters. The highest BCUT2D eigenvalue weighted by Crippen LogP contribution is 2.47. The van der Waals surface area contributed by atoms with E-state index in [0.29, 0.717) is 76.3 Å². The van der Waals surface area contributed by atoms with Gasteiger partial charge in [0.2, 0.25) is 18.1 Å². The number of H-pyrrole nitrogens is 1. The molecule has 3 aliphatic rings. The summed E-state index contributed by atoms with van der Waals surface area (Å²) in [5.41, 5.74) is 8.98. The maximum absolute atomic E-state index is 14.5. The molecule has 4 heterocycles. The minimum Gasteiger partial charge on any atom is -0.479 e. The van der Waals surface area contributed by atoms with Crippen LogP contribution in [0.15, 0.2) is 91.0 Å². The van der Waals surface area contributed by atoms with E-state index in [4.69, 9.17) is 26.8 Å². The number of rotatable bonds is 26. The van der Waals surface area contributed by atoms with E-state index in [2.05, 4.69) is 20.9 Å². The molecule has 8 rings (SSSR count). The number of fused-ring (bicyclic) bond motifs is 4. The number of hydrogen-bond acceptors (Lipinski definition) is 14. The van der Waals surface area contributed by atoms with Crippen molar-refractivity contribution in [2.45, 2.75) is 108 Å². The Hall–Kier alpha value is -8.02. The van der Waals surface area contributed by atoms with Crippen molar-refractivity contribution in [3.63, 3.8) is 0 Å². The van der Waals surface area contributed by atoms with Crippen LogP contribution in [0.2, 0.25) is 0 Å². The van der Waals surface area contributed by atoms with Crippen LogP contribution in [-0.2, 0) is 46.3 Å². The van der Waals surface area contributed by atoms with Gasteiger partial charge in [0, 0.05) is 103 Å². The number of alkyl halides is 1. The van der Waals surface area contributed by atoms with Crippen molar-refractivity contribution in [2.75, 3.05) is 37.0 Å². The summed E-state index contributed by atoms with van der Waals surface area (Å²) in [4.78, 5) is 121. The number of nitrogens with one attached hydrogen (secondary N) is 4. The number of carbonyl (C=O) groups excluding carboxylic acids is 8. The van der Waals surface area contributed by atoms with Crippen molar-refractivity contribution in [2.24, 2.45) is 17.6 Å². The Morgan fingerprint density at radius 2 is 1.50 bits per heavy atom. The number of ether oxygens (including phenoxy) is 2. The zero-order valence-corrected chi connectivity index (χ0v) is 45.9. The first kappa shape index (κ1) is 60.1. The number of aliphatic carboxylic acids is 1. The number of carboxylic acids is 1. The van der Waals surface area contributed by atoms with Gasteiger partial charge in [-0.25, -0.2) is 9.59 Å². The number of hydrogen-bond donors (Lipinski definition) is 9. The predicted molar refractivity (Wildman–Crippen MR) is 300 cm³/mol. The van der Waals surface area contributed by atoms with Gasteiger partial charge in [-0.3, -0.25) is 38.5 Å². The Bertz CT molecular complexity index is 3270. The molecule has 0 aliphatic carbocycles. The van der Waals surface area contributed by atoms with Gasteiger partial charge in [-0.2, -0.15) is 0 Å². The van der Waals surface area contributed by atoms with Gasteiger partial charge in [-0.1, -0.05) is 68.4 Å². The molecule has 4 aromatic carbocycles. The summed E-state index contributed by atoms with van der Waals surface area (Å²) in [7, 11) is 0. The number of imide groups is 1. The quantitative estimate of drug-likeness (QED) is 0.0164. The second kappa shape index (κ2) is 26.7. The molecule has 434 valence electrons. The van der Waals surface area contributed by atoms with E-state index < -0.39 is 72.4 Å². The highest BCUT2D eigenvalue weighted by molar-refractivity contribution is 6.19. The molecule has 5 aromatic rings. The van der Waals surface area contributed by atoms with Crippen molar-refractivity contribution < 1.29 is 73.1 Å². The number of nitrogens with two attached hydrogens (primary N) is 1. The number of aromatic amines is 1. The molecular weight excluding hydrogens is 1080 g/mol. The van der Waals surface area contributed by atoms with Gasteiger partial charge in [0.05, 0.1) is 11.7 Å². The van der Waals surface area contributed by atoms with E-state index in [1.54, 1.807) is 77.7 Å². The molecule has 7 amide bonds. The van der Waals surface area contributed by atoms with Gasteiger partial charge in [0.1, 0.15) is 29.8 Å². The second-order valence-corrected chi connectivity index (χ2v) is 21.4. The fraction of sp³-hybridized carbons (Fsp3) is 0.407. The number of primary amides is 1. The standard InChI is InChI=1S/C59H66ClN7O15/c1-31(2)37(10-5-21-62-47(70)12-7-23-66-48(71)19-20-49(66)72)55(76)65-41(11-6-22-63-59(61)80)45(69)25-32-13-16-34(17-14-32)44(68)26-33-15-18-40-35(24-33)27-42(64-40)56(77)67-30-36(29-60)50-39-9-4-3-8-38(39)46(28-43(50)67)81-58-53(75)51(73)52(74)54(82-58)57(78)79/h3-4,8-9,13-20,24,27-28,31,36-37,41,51-54,58,64,73-75H,5-7,10-12,21-23,25-26,29-30H2,1-2H3,(H,62,70)(H,65,76)(H,78,79)(H3,61,63,80)/t36-,37+,41+,51+,52+,53-,54+,58?/m1/s1. The Morgan fingerprint density at radius 1 is 0.817 bits per heavy atom.